The number of hydrogen-bond donors (Lipinski definition) is 1. The first-order chi connectivity index (χ1) is 7.79. The van der Waals surface area contributed by atoms with Gasteiger partial charge in [0.2, 0.25) is 0 Å². The van der Waals surface area contributed by atoms with E-state index < -0.39 is 0 Å². The zero-order chi connectivity index (χ0) is 11.4. The molecule has 1 N–H and O–H groups in total. The van der Waals surface area contributed by atoms with Crippen molar-refractivity contribution >= 4 is 0 Å². The number of nitrogens with zero attached hydrogens (tertiary/aromatic N) is 1. The van der Waals surface area contributed by atoms with Crippen LogP contribution in [0.15, 0.2) is 34.9 Å². The molecule has 0 saturated heterocycles. The highest BCUT2D eigenvalue weighted by molar-refractivity contribution is 5.27. The van der Waals surface area contributed by atoms with Gasteiger partial charge in [-0.25, -0.2) is 4.98 Å². The lowest BCUT2D eigenvalue weighted by molar-refractivity contribution is 0.505. The van der Waals surface area contributed by atoms with Crippen LogP contribution in [-0.4, -0.2) is 12.0 Å². The fourth-order valence-electron chi connectivity index (χ4n) is 1.66. The lowest BCUT2D eigenvalue weighted by Gasteiger charge is -2.01. The number of aryl methyl sites for hydroxylation is 1. The molecule has 16 heavy (non-hydrogen) atoms. The molecule has 0 spiro atoms. The van der Waals surface area contributed by atoms with Gasteiger partial charge in [0.1, 0.15) is 6.26 Å². The van der Waals surface area contributed by atoms with Crippen molar-refractivity contribution in [3.05, 3.63) is 53.2 Å². The van der Waals surface area contributed by atoms with Crippen molar-refractivity contribution in [2.24, 2.45) is 0 Å². The Balaban J connectivity index is 2.11. The second-order valence-electron chi connectivity index (χ2n) is 3.87. The summed E-state index contributed by atoms with van der Waals surface area (Å²) in [4.78, 5) is 4.41. The van der Waals surface area contributed by atoms with Gasteiger partial charge >= 0.3 is 0 Å². The SMILES string of the molecule is CNCc1coc(Cc2ccccc2C)n1. The molecule has 0 amide bonds. The van der Waals surface area contributed by atoms with Crippen molar-refractivity contribution in [2.75, 3.05) is 7.05 Å². The summed E-state index contributed by atoms with van der Waals surface area (Å²) in [5, 5.41) is 3.05. The lowest BCUT2D eigenvalue weighted by Crippen LogP contribution is -2.05. The minimum atomic E-state index is 0.747. The smallest absolute Gasteiger partial charge is 0.198 e. The zero-order valence-electron chi connectivity index (χ0n) is 9.66. The van der Waals surface area contributed by atoms with E-state index in [9.17, 15) is 0 Å². The summed E-state index contributed by atoms with van der Waals surface area (Å²) in [5.41, 5.74) is 3.49. The maximum Gasteiger partial charge on any atom is 0.198 e. The highest BCUT2D eigenvalue weighted by atomic mass is 16.3. The van der Waals surface area contributed by atoms with Gasteiger partial charge in [-0.2, -0.15) is 0 Å². The zero-order valence-corrected chi connectivity index (χ0v) is 9.66. The van der Waals surface area contributed by atoms with Crippen LogP contribution in [0, 0.1) is 6.92 Å². The summed E-state index contributed by atoms with van der Waals surface area (Å²) in [7, 11) is 1.90. The van der Waals surface area contributed by atoms with Crippen molar-refractivity contribution in [2.45, 2.75) is 19.9 Å². The van der Waals surface area contributed by atoms with E-state index in [0.717, 1.165) is 24.6 Å². The van der Waals surface area contributed by atoms with Crippen LogP contribution in [-0.2, 0) is 13.0 Å². The Hall–Kier alpha value is -1.61. The third-order valence-corrected chi connectivity index (χ3v) is 2.56. The summed E-state index contributed by atoms with van der Waals surface area (Å²) >= 11 is 0. The average Bonchev–Trinajstić information content (AvgIpc) is 2.70. The van der Waals surface area contributed by atoms with E-state index >= 15 is 0 Å². The Morgan fingerprint density at radius 2 is 2.12 bits per heavy atom. The largest absolute Gasteiger partial charge is 0.448 e. The standard InChI is InChI=1S/C13H16N2O/c1-10-5-3-4-6-11(10)7-13-15-12(8-14-2)9-16-13/h3-6,9,14H,7-8H2,1-2H3. The number of hydrogen-bond acceptors (Lipinski definition) is 3. The molecular weight excluding hydrogens is 200 g/mol. The third kappa shape index (κ3) is 2.49. The molecule has 0 unspecified atom stereocenters. The lowest BCUT2D eigenvalue weighted by atomic mass is 10.1. The van der Waals surface area contributed by atoms with Crippen LogP contribution in [0.25, 0.3) is 0 Å². The first-order valence-corrected chi connectivity index (χ1v) is 5.42. The molecule has 0 bridgehead atoms. The maximum absolute atomic E-state index is 5.43. The molecule has 3 heteroatoms. The van der Waals surface area contributed by atoms with Gasteiger partial charge in [0.05, 0.1) is 5.69 Å². The Bertz CT molecular complexity index is 462. The molecule has 1 aromatic heterocycles. The minimum absolute atomic E-state index is 0.747. The topological polar surface area (TPSA) is 38.1 Å². The highest BCUT2D eigenvalue weighted by Crippen LogP contribution is 2.13. The molecule has 0 saturated carbocycles. The Morgan fingerprint density at radius 3 is 2.88 bits per heavy atom. The van der Waals surface area contributed by atoms with E-state index in [2.05, 4.69) is 29.4 Å². The second kappa shape index (κ2) is 4.94. The average molecular weight is 216 g/mol. The molecule has 84 valence electrons. The van der Waals surface area contributed by atoms with Gasteiger partial charge in [-0.05, 0) is 25.1 Å². The summed E-state index contributed by atoms with van der Waals surface area (Å²) in [6, 6.07) is 8.30. The van der Waals surface area contributed by atoms with E-state index in [1.165, 1.54) is 11.1 Å². The van der Waals surface area contributed by atoms with E-state index in [1.807, 2.05) is 19.2 Å². The molecule has 0 aliphatic carbocycles. The normalized spacial score (nSPS) is 10.6. The van der Waals surface area contributed by atoms with Gasteiger partial charge in [-0.15, -0.1) is 0 Å². The molecule has 0 radical (unpaired) electrons. The Labute approximate surface area is 95.5 Å². The van der Waals surface area contributed by atoms with Crippen molar-refractivity contribution in [1.82, 2.24) is 10.3 Å². The summed E-state index contributed by atoms with van der Waals surface area (Å²) < 4.78 is 5.43. The molecule has 0 aliphatic heterocycles. The van der Waals surface area contributed by atoms with E-state index in [-0.39, 0.29) is 0 Å². The summed E-state index contributed by atoms with van der Waals surface area (Å²) in [6.45, 7) is 2.85. The third-order valence-electron chi connectivity index (χ3n) is 2.56. The van der Waals surface area contributed by atoms with Crippen LogP contribution in [0.1, 0.15) is 22.7 Å². The quantitative estimate of drug-likeness (QED) is 0.852. The fraction of sp³-hybridized carbons (Fsp3) is 0.308. The predicted octanol–water partition coefficient (Wildman–Crippen LogP) is 2.29. The van der Waals surface area contributed by atoms with Gasteiger partial charge in [0.15, 0.2) is 5.89 Å². The van der Waals surface area contributed by atoms with Crippen molar-refractivity contribution in [3.8, 4) is 0 Å². The first-order valence-electron chi connectivity index (χ1n) is 5.42. The van der Waals surface area contributed by atoms with Crippen LogP contribution in [0.2, 0.25) is 0 Å². The molecular formula is C13H16N2O. The monoisotopic (exact) mass is 216 g/mol. The molecule has 0 fully saturated rings. The van der Waals surface area contributed by atoms with Crippen LogP contribution in [0.4, 0.5) is 0 Å². The van der Waals surface area contributed by atoms with Gasteiger partial charge in [-0.1, -0.05) is 24.3 Å². The molecule has 0 atom stereocenters. The number of aromatic nitrogens is 1. The van der Waals surface area contributed by atoms with Crippen molar-refractivity contribution in [1.29, 1.82) is 0 Å². The molecule has 0 aliphatic rings. The van der Waals surface area contributed by atoms with Crippen molar-refractivity contribution < 1.29 is 4.42 Å². The number of benzene rings is 1. The van der Waals surface area contributed by atoms with Crippen LogP contribution >= 0.6 is 0 Å². The summed E-state index contributed by atoms with van der Waals surface area (Å²) in [6.07, 6.45) is 2.47. The minimum Gasteiger partial charge on any atom is -0.448 e. The number of oxazole rings is 1. The van der Waals surface area contributed by atoms with Gasteiger partial charge in [0, 0.05) is 13.0 Å². The fourth-order valence-corrected chi connectivity index (χ4v) is 1.66. The summed E-state index contributed by atoms with van der Waals surface area (Å²) in [5.74, 6) is 0.777. The van der Waals surface area contributed by atoms with E-state index in [1.54, 1.807) is 6.26 Å². The van der Waals surface area contributed by atoms with Crippen LogP contribution in [0.5, 0.6) is 0 Å². The maximum atomic E-state index is 5.43. The highest BCUT2D eigenvalue weighted by Gasteiger charge is 2.05. The van der Waals surface area contributed by atoms with Gasteiger partial charge < -0.3 is 9.73 Å². The molecule has 2 aromatic rings. The predicted molar refractivity (Wildman–Crippen MR) is 63.3 cm³/mol. The van der Waals surface area contributed by atoms with E-state index in [0.29, 0.717) is 0 Å². The Kier molecular flexibility index (Phi) is 3.37. The molecule has 1 aromatic carbocycles. The van der Waals surface area contributed by atoms with Crippen LogP contribution in [0.3, 0.4) is 0 Å². The van der Waals surface area contributed by atoms with Gasteiger partial charge in [-0.3, -0.25) is 0 Å². The molecule has 3 nitrogen and oxygen atoms in total. The Morgan fingerprint density at radius 1 is 1.31 bits per heavy atom. The van der Waals surface area contributed by atoms with Gasteiger partial charge in [0.25, 0.3) is 0 Å². The molecule has 1 heterocycles. The molecule has 2 rings (SSSR count). The number of rotatable bonds is 4. The van der Waals surface area contributed by atoms with E-state index in [4.69, 9.17) is 4.42 Å². The van der Waals surface area contributed by atoms with Crippen molar-refractivity contribution in [3.63, 3.8) is 0 Å². The number of nitrogens with one attached hydrogen (secondary N) is 1. The first kappa shape index (κ1) is 10.9. The van der Waals surface area contributed by atoms with Crippen LogP contribution < -0.4 is 5.32 Å². The second-order valence-corrected chi connectivity index (χ2v) is 3.87.